The zero-order chi connectivity index (χ0) is 13.8. The summed E-state index contributed by atoms with van der Waals surface area (Å²) < 4.78 is 2.15. The monoisotopic (exact) mass is 265 g/mol. The molecule has 1 amide bonds. The van der Waals surface area contributed by atoms with E-state index in [0.29, 0.717) is 12.3 Å². The van der Waals surface area contributed by atoms with Crippen LogP contribution in [0.25, 0.3) is 0 Å². The number of nitrogens with one attached hydrogen (secondary N) is 2. The number of nitrogens with zero attached hydrogens (tertiary/aromatic N) is 3. The number of amides is 1. The maximum absolute atomic E-state index is 11.7. The Morgan fingerprint density at radius 1 is 1.42 bits per heavy atom. The second kappa shape index (κ2) is 6.14. The number of hydrogen-bond acceptors (Lipinski definition) is 4. The molecule has 0 saturated heterocycles. The first-order valence-electron chi connectivity index (χ1n) is 7.05. The molecule has 6 heteroatoms. The first kappa shape index (κ1) is 14.0. The van der Waals surface area contributed by atoms with Crippen LogP contribution in [0.15, 0.2) is 0 Å². The van der Waals surface area contributed by atoms with Crippen molar-refractivity contribution in [3.63, 3.8) is 0 Å². The fourth-order valence-corrected chi connectivity index (χ4v) is 2.33. The van der Waals surface area contributed by atoms with Crippen LogP contribution in [0.3, 0.4) is 0 Å². The van der Waals surface area contributed by atoms with Gasteiger partial charge in [-0.15, -0.1) is 10.2 Å². The lowest BCUT2D eigenvalue weighted by atomic mass is 10.0. The molecule has 0 bridgehead atoms. The van der Waals surface area contributed by atoms with Crippen LogP contribution in [0.4, 0.5) is 0 Å². The zero-order valence-electron chi connectivity index (χ0n) is 11.9. The van der Waals surface area contributed by atoms with Crippen molar-refractivity contribution >= 4 is 5.91 Å². The van der Waals surface area contributed by atoms with E-state index >= 15 is 0 Å². The first-order valence-corrected chi connectivity index (χ1v) is 7.05. The summed E-state index contributed by atoms with van der Waals surface area (Å²) in [6, 6.07) is -0.0631. The lowest BCUT2D eigenvalue weighted by Crippen LogP contribution is -2.33. The quantitative estimate of drug-likeness (QED) is 0.838. The summed E-state index contributed by atoms with van der Waals surface area (Å²) in [4.78, 5) is 11.7. The highest BCUT2D eigenvalue weighted by Gasteiger charge is 2.25. The molecule has 1 atom stereocenters. The van der Waals surface area contributed by atoms with Crippen molar-refractivity contribution in [1.29, 1.82) is 0 Å². The summed E-state index contributed by atoms with van der Waals surface area (Å²) >= 11 is 0. The SMILES string of the molecule is CCC(=O)NC(c1nnc2n1CCNCC2)C(C)C. The van der Waals surface area contributed by atoms with Crippen molar-refractivity contribution in [2.45, 2.75) is 46.2 Å². The van der Waals surface area contributed by atoms with E-state index in [1.165, 1.54) is 0 Å². The van der Waals surface area contributed by atoms with E-state index in [4.69, 9.17) is 0 Å². The molecule has 1 aromatic rings. The Labute approximate surface area is 114 Å². The Bertz CT molecular complexity index is 440. The molecule has 0 fully saturated rings. The lowest BCUT2D eigenvalue weighted by molar-refractivity contribution is -0.121. The van der Waals surface area contributed by atoms with Crippen LogP contribution in [0.5, 0.6) is 0 Å². The van der Waals surface area contributed by atoms with Gasteiger partial charge in [-0.2, -0.15) is 0 Å². The summed E-state index contributed by atoms with van der Waals surface area (Å²) in [5, 5.41) is 15.0. The average molecular weight is 265 g/mol. The summed E-state index contributed by atoms with van der Waals surface area (Å²) in [6.45, 7) is 8.77. The van der Waals surface area contributed by atoms with E-state index in [1.54, 1.807) is 0 Å². The van der Waals surface area contributed by atoms with Crippen molar-refractivity contribution in [1.82, 2.24) is 25.4 Å². The third-order valence-corrected chi connectivity index (χ3v) is 3.48. The molecule has 0 spiro atoms. The second-order valence-corrected chi connectivity index (χ2v) is 5.27. The molecule has 106 valence electrons. The zero-order valence-corrected chi connectivity index (χ0v) is 11.9. The van der Waals surface area contributed by atoms with Crippen LogP contribution in [-0.2, 0) is 17.8 Å². The molecule has 1 unspecified atom stereocenters. The van der Waals surface area contributed by atoms with E-state index in [2.05, 4.69) is 39.2 Å². The molecule has 0 radical (unpaired) electrons. The molecule has 0 aliphatic carbocycles. The van der Waals surface area contributed by atoms with Gasteiger partial charge in [-0.25, -0.2) is 0 Å². The molecular weight excluding hydrogens is 242 g/mol. The number of rotatable bonds is 4. The minimum Gasteiger partial charge on any atom is -0.346 e. The molecule has 6 nitrogen and oxygen atoms in total. The minimum atomic E-state index is -0.0631. The molecule has 1 aliphatic heterocycles. The van der Waals surface area contributed by atoms with Gasteiger partial charge in [-0.3, -0.25) is 4.79 Å². The lowest BCUT2D eigenvalue weighted by Gasteiger charge is -2.22. The Balaban J connectivity index is 2.26. The Morgan fingerprint density at radius 2 is 2.21 bits per heavy atom. The largest absolute Gasteiger partial charge is 0.346 e. The number of fused-ring (bicyclic) bond motifs is 1. The molecule has 2 rings (SSSR count). The van der Waals surface area contributed by atoms with Crippen molar-refractivity contribution in [3.05, 3.63) is 11.6 Å². The van der Waals surface area contributed by atoms with Crippen LogP contribution in [0, 0.1) is 5.92 Å². The van der Waals surface area contributed by atoms with E-state index in [1.807, 2.05) is 6.92 Å². The summed E-state index contributed by atoms with van der Waals surface area (Å²) in [5.74, 6) is 2.25. The van der Waals surface area contributed by atoms with Crippen LogP contribution in [0.1, 0.15) is 44.9 Å². The van der Waals surface area contributed by atoms with Gasteiger partial charge in [0.05, 0.1) is 6.04 Å². The summed E-state index contributed by atoms with van der Waals surface area (Å²) in [6.07, 6.45) is 1.38. The van der Waals surface area contributed by atoms with Crippen LogP contribution < -0.4 is 10.6 Å². The number of hydrogen-bond donors (Lipinski definition) is 2. The molecule has 19 heavy (non-hydrogen) atoms. The van der Waals surface area contributed by atoms with Gasteiger partial charge in [-0.1, -0.05) is 20.8 Å². The van der Waals surface area contributed by atoms with Crippen LogP contribution in [0.2, 0.25) is 0 Å². The molecule has 0 aromatic carbocycles. The van der Waals surface area contributed by atoms with Crippen molar-refractivity contribution in [3.8, 4) is 0 Å². The molecule has 0 saturated carbocycles. The number of carbonyl (C=O) groups is 1. The Morgan fingerprint density at radius 3 is 2.89 bits per heavy atom. The predicted molar refractivity (Wildman–Crippen MR) is 72.6 cm³/mol. The van der Waals surface area contributed by atoms with E-state index in [9.17, 15) is 4.79 Å². The van der Waals surface area contributed by atoms with Gasteiger partial charge in [0.25, 0.3) is 0 Å². The minimum absolute atomic E-state index is 0.0581. The normalized spacial score (nSPS) is 16.8. The third kappa shape index (κ3) is 3.12. The number of aromatic nitrogens is 3. The van der Waals surface area contributed by atoms with Crippen molar-refractivity contribution < 1.29 is 4.79 Å². The van der Waals surface area contributed by atoms with E-state index < -0.39 is 0 Å². The van der Waals surface area contributed by atoms with E-state index in [0.717, 1.165) is 37.7 Å². The molecule has 2 N–H and O–H groups in total. The van der Waals surface area contributed by atoms with Gasteiger partial charge in [0, 0.05) is 32.5 Å². The van der Waals surface area contributed by atoms with Gasteiger partial charge >= 0.3 is 0 Å². The molecule has 2 heterocycles. The maximum atomic E-state index is 11.7. The van der Waals surface area contributed by atoms with Gasteiger partial charge < -0.3 is 15.2 Å². The summed E-state index contributed by atoms with van der Waals surface area (Å²) in [7, 11) is 0. The smallest absolute Gasteiger partial charge is 0.220 e. The van der Waals surface area contributed by atoms with E-state index in [-0.39, 0.29) is 11.9 Å². The van der Waals surface area contributed by atoms with Crippen LogP contribution >= 0.6 is 0 Å². The highest BCUT2D eigenvalue weighted by Crippen LogP contribution is 2.21. The Kier molecular flexibility index (Phi) is 4.52. The predicted octanol–water partition coefficient (Wildman–Crippen LogP) is 0.647. The first-order chi connectivity index (χ1) is 9.13. The van der Waals surface area contributed by atoms with Crippen LogP contribution in [-0.4, -0.2) is 33.8 Å². The topological polar surface area (TPSA) is 71.8 Å². The highest BCUT2D eigenvalue weighted by molar-refractivity contribution is 5.75. The van der Waals surface area contributed by atoms with Gasteiger partial charge in [-0.05, 0) is 5.92 Å². The third-order valence-electron chi connectivity index (χ3n) is 3.48. The molecular formula is C13H23N5O. The molecule has 1 aliphatic rings. The number of carbonyl (C=O) groups excluding carboxylic acids is 1. The fraction of sp³-hybridized carbons (Fsp3) is 0.769. The Hall–Kier alpha value is -1.43. The summed E-state index contributed by atoms with van der Waals surface area (Å²) in [5.41, 5.74) is 0. The van der Waals surface area contributed by atoms with Crippen molar-refractivity contribution in [2.24, 2.45) is 5.92 Å². The fourth-order valence-electron chi connectivity index (χ4n) is 2.33. The second-order valence-electron chi connectivity index (χ2n) is 5.27. The van der Waals surface area contributed by atoms with Gasteiger partial charge in [0.1, 0.15) is 5.82 Å². The molecule has 1 aromatic heterocycles. The average Bonchev–Trinajstić information content (AvgIpc) is 2.64. The highest BCUT2D eigenvalue weighted by atomic mass is 16.1. The van der Waals surface area contributed by atoms with Crippen molar-refractivity contribution in [2.75, 3.05) is 13.1 Å². The standard InChI is InChI=1S/C13H23N5O/c1-4-11(19)15-12(9(2)3)13-17-16-10-5-6-14-7-8-18(10)13/h9,12,14H,4-8H2,1-3H3,(H,15,19). The maximum Gasteiger partial charge on any atom is 0.220 e. The van der Waals surface area contributed by atoms with Gasteiger partial charge in [0.2, 0.25) is 5.91 Å². The van der Waals surface area contributed by atoms with Gasteiger partial charge in [0.15, 0.2) is 5.82 Å².